The fourth-order valence-electron chi connectivity index (χ4n) is 2.00. The summed E-state index contributed by atoms with van der Waals surface area (Å²) in [7, 11) is 0. The van der Waals surface area contributed by atoms with Crippen molar-refractivity contribution in [2.45, 2.75) is 26.2 Å². The molecule has 0 N–H and O–H groups in total. The largest absolute Gasteiger partial charge is 0.299 e. The molecule has 2 aromatic carbocycles. The first-order valence-corrected chi connectivity index (χ1v) is 6.93. The highest BCUT2D eigenvalue weighted by Crippen LogP contribution is 2.16. The van der Waals surface area contributed by atoms with E-state index in [1.54, 1.807) is 12.1 Å². The van der Waals surface area contributed by atoms with Gasteiger partial charge in [0, 0.05) is 17.9 Å². The molecule has 0 amide bonds. The highest BCUT2D eigenvalue weighted by molar-refractivity contribution is 6.30. The molecule has 1 nitrogen and oxygen atoms in total. The normalized spacial score (nSPS) is 10.6. The van der Waals surface area contributed by atoms with Crippen molar-refractivity contribution in [1.29, 1.82) is 0 Å². The van der Waals surface area contributed by atoms with E-state index < -0.39 is 5.82 Å². The summed E-state index contributed by atoms with van der Waals surface area (Å²) in [5, 5.41) is 0.346. The quantitative estimate of drug-likeness (QED) is 0.790. The van der Waals surface area contributed by atoms with Gasteiger partial charge in [-0.1, -0.05) is 47.5 Å². The average molecular weight is 291 g/mol. The Hall–Kier alpha value is -1.67. The lowest BCUT2D eigenvalue weighted by Crippen LogP contribution is -2.06. The predicted molar refractivity (Wildman–Crippen MR) is 79.6 cm³/mol. The number of hydrogen-bond acceptors (Lipinski definition) is 1. The number of Topliss-reactive ketones (excluding diaryl/α,β-unsaturated/α-hetero) is 1. The van der Waals surface area contributed by atoms with E-state index in [-0.39, 0.29) is 12.2 Å². The molecule has 0 radical (unpaired) electrons. The number of ketones is 1. The Kier molecular flexibility index (Phi) is 4.91. The summed E-state index contributed by atoms with van der Waals surface area (Å²) >= 11 is 5.68. The van der Waals surface area contributed by atoms with E-state index in [2.05, 4.69) is 0 Å². The van der Waals surface area contributed by atoms with Crippen molar-refractivity contribution >= 4 is 17.4 Å². The number of carbonyl (C=O) groups excluding carboxylic acids is 1. The van der Waals surface area contributed by atoms with E-state index in [1.165, 1.54) is 11.6 Å². The second-order valence-electron chi connectivity index (χ2n) is 4.94. The van der Waals surface area contributed by atoms with E-state index in [9.17, 15) is 9.18 Å². The summed E-state index contributed by atoms with van der Waals surface area (Å²) < 4.78 is 13.6. The lowest BCUT2D eigenvalue weighted by molar-refractivity contribution is -0.118. The molecule has 0 saturated carbocycles. The Morgan fingerprint density at radius 1 is 1.15 bits per heavy atom. The van der Waals surface area contributed by atoms with Gasteiger partial charge in [-0.3, -0.25) is 4.79 Å². The van der Waals surface area contributed by atoms with Gasteiger partial charge in [-0.15, -0.1) is 0 Å². The maximum atomic E-state index is 13.6. The molecule has 104 valence electrons. The summed E-state index contributed by atoms with van der Waals surface area (Å²) in [6, 6.07) is 12.5. The second-order valence-corrected chi connectivity index (χ2v) is 5.37. The number of halogens is 2. The van der Waals surface area contributed by atoms with Crippen LogP contribution in [0.25, 0.3) is 0 Å². The van der Waals surface area contributed by atoms with Gasteiger partial charge in [0.2, 0.25) is 0 Å². The minimum atomic E-state index is -0.416. The van der Waals surface area contributed by atoms with Crippen LogP contribution in [0.2, 0.25) is 5.02 Å². The number of aryl methyl sites for hydroxylation is 2. The van der Waals surface area contributed by atoms with Crippen molar-refractivity contribution in [2.24, 2.45) is 0 Å². The maximum Gasteiger partial charge on any atom is 0.137 e. The van der Waals surface area contributed by atoms with Crippen LogP contribution in [0.5, 0.6) is 0 Å². The van der Waals surface area contributed by atoms with Gasteiger partial charge >= 0.3 is 0 Å². The topological polar surface area (TPSA) is 17.1 Å². The van der Waals surface area contributed by atoms with Gasteiger partial charge in [0.25, 0.3) is 0 Å². The van der Waals surface area contributed by atoms with E-state index >= 15 is 0 Å². The van der Waals surface area contributed by atoms with E-state index in [4.69, 9.17) is 11.6 Å². The molecular weight excluding hydrogens is 275 g/mol. The van der Waals surface area contributed by atoms with E-state index in [0.717, 1.165) is 5.56 Å². The molecule has 0 unspecified atom stereocenters. The minimum absolute atomic E-state index is 0.0341. The van der Waals surface area contributed by atoms with E-state index in [1.807, 2.05) is 31.2 Å². The summed E-state index contributed by atoms with van der Waals surface area (Å²) in [5.41, 5.74) is 2.73. The Balaban J connectivity index is 1.90. The third kappa shape index (κ3) is 4.17. The third-order valence-corrected chi connectivity index (χ3v) is 3.45. The molecular formula is C17H16ClFO. The first-order chi connectivity index (χ1) is 9.54. The average Bonchev–Trinajstić information content (AvgIpc) is 2.41. The number of hydrogen-bond donors (Lipinski definition) is 0. The van der Waals surface area contributed by atoms with Gasteiger partial charge in [0.05, 0.1) is 0 Å². The van der Waals surface area contributed by atoms with Gasteiger partial charge in [0.1, 0.15) is 11.6 Å². The molecule has 20 heavy (non-hydrogen) atoms. The molecule has 0 aromatic heterocycles. The van der Waals surface area contributed by atoms with Crippen LogP contribution in [0, 0.1) is 12.7 Å². The third-order valence-electron chi connectivity index (χ3n) is 3.22. The van der Waals surface area contributed by atoms with Crippen LogP contribution < -0.4 is 0 Å². The highest BCUT2D eigenvalue weighted by Gasteiger charge is 2.09. The molecule has 2 rings (SSSR count). The van der Waals surface area contributed by atoms with Crippen LogP contribution in [0.15, 0.2) is 42.5 Å². The Morgan fingerprint density at radius 3 is 2.50 bits per heavy atom. The number of benzene rings is 2. The van der Waals surface area contributed by atoms with Crippen molar-refractivity contribution in [3.63, 3.8) is 0 Å². The Bertz CT molecular complexity index is 605. The zero-order chi connectivity index (χ0) is 14.5. The first-order valence-electron chi connectivity index (χ1n) is 6.56. The summed E-state index contributed by atoms with van der Waals surface area (Å²) in [4.78, 5) is 11.9. The van der Waals surface area contributed by atoms with Crippen molar-refractivity contribution in [2.75, 3.05) is 0 Å². The minimum Gasteiger partial charge on any atom is -0.299 e. The Labute approximate surface area is 123 Å². The monoisotopic (exact) mass is 290 g/mol. The van der Waals surface area contributed by atoms with Gasteiger partial charge in [0.15, 0.2) is 0 Å². The smallest absolute Gasteiger partial charge is 0.137 e. The summed E-state index contributed by atoms with van der Waals surface area (Å²) in [5.74, 6) is -0.381. The summed E-state index contributed by atoms with van der Waals surface area (Å²) in [6.07, 6.45) is 1.23. The van der Waals surface area contributed by atoms with Crippen LogP contribution >= 0.6 is 11.6 Å². The van der Waals surface area contributed by atoms with Gasteiger partial charge in [-0.05, 0) is 36.6 Å². The number of rotatable bonds is 5. The van der Waals surface area contributed by atoms with Gasteiger partial charge in [-0.25, -0.2) is 4.39 Å². The van der Waals surface area contributed by atoms with Crippen molar-refractivity contribution in [1.82, 2.24) is 0 Å². The molecule has 3 heteroatoms. The Morgan fingerprint density at radius 2 is 1.85 bits per heavy atom. The molecule has 0 atom stereocenters. The molecule has 0 saturated heterocycles. The zero-order valence-corrected chi connectivity index (χ0v) is 12.1. The fraction of sp³-hybridized carbons (Fsp3) is 0.235. The molecule has 0 heterocycles. The summed E-state index contributed by atoms with van der Waals surface area (Å²) in [6.45, 7) is 2.03. The van der Waals surface area contributed by atoms with Crippen LogP contribution in [0.1, 0.15) is 23.1 Å². The van der Waals surface area contributed by atoms with Crippen LogP contribution in [0.3, 0.4) is 0 Å². The van der Waals surface area contributed by atoms with Crippen molar-refractivity contribution in [3.8, 4) is 0 Å². The van der Waals surface area contributed by atoms with Crippen LogP contribution in [-0.4, -0.2) is 5.78 Å². The zero-order valence-electron chi connectivity index (χ0n) is 11.3. The van der Waals surface area contributed by atoms with Gasteiger partial charge < -0.3 is 0 Å². The molecule has 0 aliphatic carbocycles. The van der Waals surface area contributed by atoms with Crippen molar-refractivity contribution < 1.29 is 9.18 Å². The first kappa shape index (κ1) is 14.7. The molecule has 0 spiro atoms. The van der Waals surface area contributed by atoms with Crippen molar-refractivity contribution in [3.05, 3.63) is 70.0 Å². The number of carbonyl (C=O) groups is 1. The lowest BCUT2D eigenvalue weighted by atomic mass is 10.0. The fourth-order valence-corrected chi connectivity index (χ4v) is 2.16. The second kappa shape index (κ2) is 6.67. The molecule has 0 aliphatic heterocycles. The van der Waals surface area contributed by atoms with Crippen LogP contribution in [0.4, 0.5) is 4.39 Å². The van der Waals surface area contributed by atoms with Gasteiger partial charge in [-0.2, -0.15) is 0 Å². The molecule has 0 bridgehead atoms. The van der Waals surface area contributed by atoms with E-state index in [0.29, 0.717) is 23.4 Å². The standard InChI is InChI=1S/C17H16ClFO/c1-12-2-4-13(5-3-12)6-9-16(20)10-14-7-8-15(18)11-17(14)19/h2-5,7-8,11H,6,9-10H2,1H3. The SMILES string of the molecule is Cc1ccc(CCC(=O)Cc2ccc(Cl)cc2F)cc1. The van der Waals surface area contributed by atoms with Crippen LogP contribution in [-0.2, 0) is 17.6 Å². The highest BCUT2D eigenvalue weighted by atomic mass is 35.5. The molecule has 0 fully saturated rings. The molecule has 0 aliphatic rings. The lowest BCUT2D eigenvalue weighted by Gasteiger charge is -2.04. The maximum absolute atomic E-state index is 13.6. The molecule has 2 aromatic rings. The predicted octanol–water partition coefficient (Wildman–Crippen LogP) is 4.53.